The van der Waals surface area contributed by atoms with Gasteiger partial charge >= 0.3 is 0 Å². The monoisotopic (exact) mass is 477 g/mol. The normalized spacial score (nSPS) is 11.0. The Morgan fingerprint density at radius 1 is 0.906 bits per heavy atom. The minimum absolute atomic E-state index is 0.203. The molecule has 158 valence electrons. The van der Waals surface area contributed by atoms with Crippen LogP contribution in [-0.4, -0.2) is 16.8 Å². The molecule has 0 atom stereocenters. The molecule has 5 aromatic rings. The molecule has 0 fully saturated rings. The number of nitrogens with one attached hydrogen (secondary N) is 2. The summed E-state index contributed by atoms with van der Waals surface area (Å²) in [4.78, 5) is 30.1. The molecule has 2 N–H and O–H groups in total. The maximum atomic E-state index is 12.8. The SMILES string of the molecule is O=C(Nc1ccc(C(=O)NCc2ccccn2)c(Cl)c1)c1cc2sc3ccccc3c2s1. The zero-order valence-electron chi connectivity index (χ0n) is 16.6. The van der Waals surface area contributed by atoms with E-state index in [4.69, 9.17) is 11.6 Å². The summed E-state index contributed by atoms with van der Waals surface area (Å²) in [5.74, 6) is -0.505. The first-order valence-electron chi connectivity index (χ1n) is 9.78. The molecule has 0 saturated carbocycles. The lowest BCUT2D eigenvalue weighted by atomic mass is 10.2. The van der Waals surface area contributed by atoms with Crippen molar-refractivity contribution < 1.29 is 9.59 Å². The zero-order valence-corrected chi connectivity index (χ0v) is 19.0. The van der Waals surface area contributed by atoms with Gasteiger partial charge in [0.25, 0.3) is 11.8 Å². The molecule has 8 heteroatoms. The van der Waals surface area contributed by atoms with E-state index in [-0.39, 0.29) is 16.8 Å². The van der Waals surface area contributed by atoms with Crippen molar-refractivity contribution in [1.29, 1.82) is 0 Å². The van der Waals surface area contributed by atoms with Crippen LogP contribution in [0.3, 0.4) is 0 Å². The maximum Gasteiger partial charge on any atom is 0.265 e. The second-order valence-electron chi connectivity index (χ2n) is 7.05. The summed E-state index contributed by atoms with van der Waals surface area (Å²) >= 11 is 9.47. The van der Waals surface area contributed by atoms with Gasteiger partial charge in [-0.1, -0.05) is 35.9 Å². The van der Waals surface area contributed by atoms with E-state index in [0.29, 0.717) is 22.7 Å². The molecule has 5 rings (SSSR count). The van der Waals surface area contributed by atoms with Crippen LogP contribution in [0.4, 0.5) is 5.69 Å². The molecule has 5 nitrogen and oxygen atoms in total. The Hall–Kier alpha value is -3.26. The Kier molecular flexibility index (Phi) is 5.61. The molecule has 0 bridgehead atoms. The molecular formula is C24H16ClN3O2S2. The van der Waals surface area contributed by atoms with Gasteiger partial charge in [0.2, 0.25) is 0 Å². The van der Waals surface area contributed by atoms with Crippen LogP contribution in [0.25, 0.3) is 19.5 Å². The van der Waals surface area contributed by atoms with Gasteiger partial charge in [0.15, 0.2) is 0 Å². The molecule has 0 unspecified atom stereocenters. The third kappa shape index (κ3) is 4.10. The number of hydrogen-bond acceptors (Lipinski definition) is 5. The lowest BCUT2D eigenvalue weighted by Crippen LogP contribution is -2.23. The van der Waals surface area contributed by atoms with Gasteiger partial charge in [0.05, 0.1) is 32.4 Å². The highest BCUT2D eigenvalue weighted by Gasteiger charge is 2.16. The van der Waals surface area contributed by atoms with Gasteiger partial charge in [-0.2, -0.15) is 0 Å². The van der Waals surface area contributed by atoms with E-state index >= 15 is 0 Å². The minimum atomic E-state index is -0.302. The number of halogens is 1. The summed E-state index contributed by atoms with van der Waals surface area (Å²) in [7, 11) is 0. The van der Waals surface area contributed by atoms with Crippen LogP contribution in [0, 0.1) is 0 Å². The van der Waals surface area contributed by atoms with E-state index < -0.39 is 0 Å². The fourth-order valence-electron chi connectivity index (χ4n) is 3.35. The fraction of sp³-hybridized carbons (Fsp3) is 0.0417. The number of rotatable bonds is 5. The van der Waals surface area contributed by atoms with Crippen LogP contribution in [0.1, 0.15) is 25.7 Å². The van der Waals surface area contributed by atoms with Gasteiger partial charge in [-0.05, 0) is 42.5 Å². The number of carbonyl (C=O) groups is 2. The first-order valence-corrected chi connectivity index (χ1v) is 11.8. The second-order valence-corrected chi connectivity index (χ2v) is 9.60. The van der Waals surface area contributed by atoms with Crippen molar-refractivity contribution in [3.8, 4) is 0 Å². The molecule has 0 saturated heterocycles. The van der Waals surface area contributed by atoms with Gasteiger partial charge in [-0.3, -0.25) is 14.6 Å². The Morgan fingerprint density at radius 2 is 1.75 bits per heavy atom. The Balaban J connectivity index is 1.29. The topological polar surface area (TPSA) is 71.1 Å². The minimum Gasteiger partial charge on any atom is -0.346 e. The highest BCUT2D eigenvalue weighted by molar-refractivity contribution is 7.33. The summed E-state index contributed by atoms with van der Waals surface area (Å²) < 4.78 is 3.43. The van der Waals surface area contributed by atoms with Crippen LogP contribution in [0.15, 0.2) is 72.9 Å². The third-order valence-corrected chi connectivity index (χ3v) is 7.63. The zero-order chi connectivity index (χ0) is 22.1. The fourth-order valence-corrected chi connectivity index (χ4v) is 6.04. The Bertz CT molecular complexity index is 1460. The van der Waals surface area contributed by atoms with Crippen molar-refractivity contribution in [1.82, 2.24) is 10.3 Å². The van der Waals surface area contributed by atoms with Crippen molar-refractivity contribution in [2.45, 2.75) is 6.54 Å². The first kappa shape index (κ1) is 20.6. The molecule has 2 amide bonds. The maximum absolute atomic E-state index is 12.8. The summed E-state index contributed by atoms with van der Waals surface area (Å²) in [6.45, 7) is 0.304. The number of fused-ring (bicyclic) bond motifs is 3. The quantitative estimate of drug-likeness (QED) is 0.310. The average Bonchev–Trinajstić information content (AvgIpc) is 3.37. The van der Waals surface area contributed by atoms with E-state index in [2.05, 4.69) is 27.8 Å². The molecule has 0 aliphatic rings. The number of amides is 2. The molecule has 0 radical (unpaired) electrons. The van der Waals surface area contributed by atoms with Crippen LogP contribution >= 0.6 is 34.3 Å². The Labute approximate surface area is 196 Å². The van der Waals surface area contributed by atoms with E-state index in [1.165, 1.54) is 21.4 Å². The Morgan fingerprint density at radius 3 is 2.56 bits per heavy atom. The molecule has 0 aliphatic carbocycles. The number of thiophene rings is 2. The van der Waals surface area contributed by atoms with Crippen LogP contribution in [0.5, 0.6) is 0 Å². The molecule has 0 aliphatic heterocycles. The number of benzene rings is 2. The van der Waals surface area contributed by atoms with Gasteiger partial charge in [0, 0.05) is 26.7 Å². The number of carbonyl (C=O) groups excluding carboxylic acids is 2. The summed E-state index contributed by atoms with van der Waals surface area (Å²) in [5.41, 5.74) is 1.62. The molecule has 3 aromatic heterocycles. The van der Waals surface area contributed by atoms with E-state index in [9.17, 15) is 9.59 Å². The van der Waals surface area contributed by atoms with E-state index in [1.54, 1.807) is 35.7 Å². The predicted molar refractivity (Wildman–Crippen MR) is 132 cm³/mol. The number of nitrogens with zero attached hydrogens (tertiary/aromatic N) is 1. The van der Waals surface area contributed by atoms with Crippen LogP contribution in [-0.2, 0) is 6.54 Å². The van der Waals surface area contributed by atoms with Gasteiger partial charge < -0.3 is 10.6 Å². The van der Waals surface area contributed by atoms with Gasteiger partial charge in [-0.15, -0.1) is 22.7 Å². The number of aromatic nitrogens is 1. The molecule has 3 heterocycles. The second kappa shape index (κ2) is 8.70. The lowest BCUT2D eigenvalue weighted by molar-refractivity contribution is 0.0950. The smallest absolute Gasteiger partial charge is 0.265 e. The number of hydrogen-bond donors (Lipinski definition) is 2. The summed E-state index contributed by atoms with van der Waals surface area (Å²) in [5, 5.41) is 7.10. The molecular weight excluding hydrogens is 462 g/mol. The number of pyridine rings is 1. The predicted octanol–water partition coefficient (Wildman–Crippen LogP) is 6.35. The summed E-state index contributed by atoms with van der Waals surface area (Å²) in [6.07, 6.45) is 1.67. The molecule has 0 spiro atoms. The largest absolute Gasteiger partial charge is 0.346 e. The highest BCUT2D eigenvalue weighted by atomic mass is 35.5. The van der Waals surface area contributed by atoms with Crippen molar-refractivity contribution >= 4 is 71.3 Å². The van der Waals surface area contributed by atoms with E-state index in [0.717, 1.165) is 15.1 Å². The number of anilines is 1. The third-order valence-electron chi connectivity index (χ3n) is 4.90. The van der Waals surface area contributed by atoms with Crippen molar-refractivity contribution in [2.75, 3.05) is 5.32 Å². The van der Waals surface area contributed by atoms with Crippen molar-refractivity contribution in [3.05, 3.63) is 94.1 Å². The average molecular weight is 478 g/mol. The summed E-state index contributed by atoms with van der Waals surface area (Å²) in [6, 6.07) is 20.5. The van der Waals surface area contributed by atoms with Crippen molar-refractivity contribution in [2.24, 2.45) is 0 Å². The van der Waals surface area contributed by atoms with Crippen molar-refractivity contribution in [3.63, 3.8) is 0 Å². The first-order chi connectivity index (χ1) is 15.6. The van der Waals surface area contributed by atoms with E-state index in [1.807, 2.05) is 36.4 Å². The highest BCUT2D eigenvalue weighted by Crippen LogP contribution is 2.39. The lowest BCUT2D eigenvalue weighted by Gasteiger charge is -2.09. The van der Waals surface area contributed by atoms with Gasteiger partial charge in [0.1, 0.15) is 0 Å². The van der Waals surface area contributed by atoms with Crippen LogP contribution < -0.4 is 10.6 Å². The molecule has 2 aromatic carbocycles. The molecule has 32 heavy (non-hydrogen) atoms. The van der Waals surface area contributed by atoms with Crippen LogP contribution in [0.2, 0.25) is 5.02 Å². The standard InChI is InChI=1S/C24H16ClN3O2S2/c25-18-11-14(8-9-16(18)23(29)27-13-15-5-3-4-10-26-15)28-24(30)21-12-20-22(32-21)17-6-1-2-7-19(17)31-20/h1-12H,13H2,(H,27,29)(H,28,30). The van der Waals surface area contributed by atoms with Gasteiger partial charge in [-0.25, -0.2) is 0 Å².